The molecule has 9 heteroatoms. The van der Waals surface area contributed by atoms with E-state index in [1.807, 2.05) is 0 Å². The molecule has 0 bridgehead atoms. The predicted molar refractivity (Wildman–Crippen MR) is 249 cm³/mol. The van der Waals surface area contributed by atoms with E-state index in [2.05, 4.69) is 225 Å². The molecule has 0 aliphatic rings. The van der Waals surface area contributed by atoms with Crippen LogP contribution >= 0.6 is 0 Å². The quantitative estimate of drug-likeness (QED) is 0.0504. The van der Waals surface area contributed by atoms with Gasteiger partial charge in [0, 0.05) is 18.6 Å². The summed E-state index contributed by atoms with van der Waals surface area (Å²) in [7, 11) is -5.79. The molecule has 0 heterocycles. The smallest absolute Gasteiger partial charge is 0.169 e. The summed E-state index contributed by atoms with van der Waals surface area (Å²) in [5.74, 6) is 0. The van der Waals surface area contributed by atoms with Crippen molar-refractivity contribution in [2.45, 2.75) is 91.4 Å². The summed E-state index contributed by atoms with van der Waals surface area (Å²) in [6.45, 7) is 23.7. The Kier molecular flexibility index (Phi) is 14.6. The molecular formula is C47H62N6Si3. The zero-order valence-corrected chi connectivity index (χ0v) is 38.2. The van der Waals surface area contributed by atoms with Crippen LogP contribution in [0, 0.1) is 0 Å². The molecule has 5 aromatic rings. The van der Waals surface area contributed by atoms with Crippen LogP contribution in [0.15, 0.2) is 167 Å². The second kappa shape index (κ2) is 19.3. The van der Waals surface area contributed by atoms with Crippen molar-refractivity contribution < 1.29 is 0 Å². The van der Waals surface area contributed by atoms with Gasteiger partial charge in [0.15, 0.2) is 24.7 Å². The predicted octanol–water partition coefficient (Wildman–Crippen LogP) is 11.9. The maximum atomic E-state index is 5.72. The molecule has 0 saturated carbocycles. The lowest BCUT2D eigenvalue weighted by Crippen LogP contribution is -2.44. The molecule has 0 amide bonds. The molecule has 5 rings (SSSR count). The van der Waals surface area contributed by atoms with Crippen molar-refractivity contribution in [1.82, 2.24) is 14.0 Å². The third kappa shape index (κ3) is 13.1. The Balaban J connectivity index is 1.69. The van der Waals surface area contributed by atoms with Crippen molar-refractivity contribution in [2.24, 2.45) is 15.3 Å². The first-order valence-electron chi connectivity index (χ1n) is 19.9. The lowest BCUT2D eigenvalue weighted by molar-refractivity contribution is 0.438. The number of benzene rings is 5. The molecular weight excluding hydrogens is 733 g/mol. The molecule has 0 radical (unpaired) electrons. The summed E-state index contributed by atoms with van der Waals surface area (Å²) in [6.07, 6.45) is 1.18. The van der Waals surface area contributed by atoms with Gasteiger partial charge in [0.05, 0.1) is 31.1 Å². The molecule has 6 nitrogen and oxygen atoms in total. The summed E-state index contributed by atoms with van der Waals surface area (Å²) < 4.78 is 7.15. The lowest BCUT2D eigenvalue weighted by atomic mass is 9.99. The number of nitrogens with zero attached hydrogens (tertiary/aromatic N) is 6. The van der Waals surface area contributed by atoms with Crippen molar-refractivity contribution in [2.75, 3.05) is 0 Å². The highest BCUT2D eigenvalue weighted by molar-refractivity contribution is 6.74. The van der Waals surface area contributed by atoms with Crippen LogP contribution in [0.1, 0.15) is 40.7 Å². The highest BCUT2D eigenvalue weighted by Crippen LogP contribution is 2.23. The Morgan fingerprint density at radius 1 is 0.357 bits per heavy atom. The maximum Gasteiger partial charge on any atom is 0.169 e. The first-order valence-corrected chi connectivity index (χ1v) is 30.3. The van der Waals surface area contributed by atoms with Crippen LogP contribution in [0.5, 0.6) is 0 Å². The second-order valence-corrected chi connectivity index (χ2v) is 32.1. The topological polar surface area (TPSA) is 46.8 Å². The minimum atomic E-state index is -1.96. The molecule has 0 saturated heterocycles. The van der Waals surface area contributed by atoms with Gasteiger partial charge < -0.3 is 14.0 Å². The van der Waals surface area contributed by atoms with Gasteiger partial charge in [-0.3, -0.25) is 0 Å². The molecule has 0 aromatic heterocycles. The first kappa shape index (κ1) is 42.3. The second-order valence-electron chi connectivity index (χ2n) is 17.5. The van der Waals surface area contributed by atoms with Crippen molar-refractivity contribution in [3.05, 3.63) is 179 Å². The van der Waals surface area contributed by atoms with Gasteiger partial charge in [0.1, 0.15) is 0 Å². The van der Waals surface area contributed by atoms with E-state index in [1.54, 1.807) is 0 Å². The van der Waals surface area contributed by atoms with Crippen molar-refractivity contribution in [3.8, 4) is 0 Å². The van der Waals surface area contributed by atoms with Gasteiger partial charge in [-0.2, -0.15) is 15.3 Å². The van der Waals surface area contributed by atoms with E-state index in [9.17, 15) is 0 Å². The Hall–Kier alpha value is -4.84. The van der Waals surface area contributed by atoms with Gasteiger partial charge in [-0.1, -0.05) is 211 Å². The number of hydrogen-bond acceptors (Lipinski definition) is 6. The SMILES string of the molecule is C[Si](C)(C)N(Cc1ccccc1)N=C(C/C(=N\N(Cc1ccccc1)[Si](C)(C)C)c1ccccc1)C/C(=N\N(Cc1ccccc1)[Si](C)(C)C)c1ccccc1. The fraction of sp³-hybridized carbons (Fsp3) is 0.298. The van der Waals surface area contributed by atoms with Crippen molar-refractivity contribution in [3.63, 3.8) is 0 Å². The molecule has 56 heavy (non-hydrogen) atoms. The van der Waals surface area contributed by atoms with E-state index >= 15 is 0 Å². The number of hydrazone groups is 3. The van der Waals surface area contributed by atoms with Crippen LogP contribution in [0.25, 0.3) is 0 Å². The summed E-state index contributed by atoms with van der Waals surface area (Å²) in [5.41, 5.74) is 9.11. The minimum absolute atomic E-state index is 0.590. The van der Waals surface area contributed by atoms with Gasteiger partial charge in [-0.25, -0.2) is 0 Å². The third-order valence-electron chi connectivity index (χ3n) is 9.55. The van der Waals surface area contributed by atoms with Crippen LogP contribution in [0.4, 0.5) is 0 Å². The van der Waals surface area contributed by atoms with E-state index in [4.69, 9.17) is 15.3 Å². The molecule has 0 spiro atoms. The Morgan fingerprint density at radius 3 is 0.875 bits per heavy atom. The third-order valence-corrected chi connectivity index (χ3v) is 15.0. The summed E-state index contributed by atoms with van der Waals surface area (Å²) in [5, 5.41) is 17.0. The minimum Gasteiger partial charge on any atom is -0.320 e. The van der Waals surface area contributed by atoms with Gasteiger partial charge in [0.25, 0.3) is 0 Å². The van der Waals surface area contributed by atoms with Gasteiger partial charge in [0.2, 0.25) is 0 Å². The van der Waals surface area contributed by atoms with E-state index in [0.29, 0.717) is 12.8 Å². The van der Waals surface area contributed by atoms with Crippen LogP contribution < -0.4 is 0 Å². The number of hydrogen-bond donors (Lipinski definition) is 0. The van der Waals surface area contributed by atoms with E-state index < -0.39 is 24.7 Å². The van der Waals surface area contributed by atoms with Crippen LogP contribution in [-0.4, -0.2) is 55.9 Å². The summed E-state index contributed by atoms with van der Waals surface area (Å²) >= 11 is 0. The normalized spacial score (nSPS) is 12.6. The molecule has 0 N–H and O–H groups in total. The molecule has 0 aliphatic carbocycles. The van der Waals surface area contributed by atoms with Gasteiger partial charge in [-0.15, -0.1) is 0 Å². The molecule has 5 aromatic carbocycles. The Morgan fingerprint density at radius 2 is 0.607 bits per heavy atom. The molecule has 292 valence electrons. The average Bonchev–Trinajstić information content (AvgIpc) is 3.17. The Bertz CT molecular complexity index is 1900. The fourth-order valence-electron chi connectivity index (χ4n) is 6.17. The van der Waals surface area contributed by atoms with Crippen LogP contribution in [-0.2, 0) is 19.6 Å². The molecule has 0 unspecified atom stereocenters. The molecule has 0 fully saturated rings. The number of rotatable bonds is 18. The van der Waals surface area contributed by atoms with E-state index in [0.717, 1.165) is 47.9 Å². The monoisotopic (exact) mass is 794 g/mol. The highest BCUT2D eigenvalue weighted by Gasteiger charge is 2.28. The zero-order valence-electron chi connectivity index (χ0n) is 35.2. The highest BCUT2D eigenvalue weighted by atomic mass is 28.3. The van der Waals surface area contributed by atoms with Crippen LogP contribution in [0.2, 0.25) is 58.9 Å². The average molecular weight is 795 g/mol. The first-order chi connectivity index (χ1) is 26.6. The zero-order chi connectivity index (χ0) is 40.2. The maximum absolute atomic E-state index is 5.72. The van der Waals surface area contributed by atoms with Crippen molar-refractivity contribution in [1.29, 1.82) is 0 Å². The standard InChI is InChI=1S/C47H62N6Si3/c1-54(2,3)51(37-40-25-15-10-16-26-40)48-45(35-46(43-31-21-13-22-32-43)49-52(55(4,5)6)38-41-27-17-11-18-28-41)36-47(44-33-23-14-24-34-44)50-53(56(7,8)9)39-42-29-19-12-20-30-42/h10-34H,35-39H2,1-9H3/b49-46+,50-47+. The van der Waals surface area contributed by atoms with E-state index in [1.165, 1.54) is 16.7 Å². The Labute approximate surface area is 340 Å². The molecule has 0 atom stereocenters. The van der Waals surface area contributed by atoms with Crippen LogP contribution in [0.3, 0.4) is 0 Å². The summed E-state index contributed by atoms with van der Waals surface area (Å²) in [4.78, 5) is 0. The fourth-order valence-corrected chi connectivity index (χ4v) is 9.42. The van der Waals surface area contributed by atoms with Gasteiger partial charge in [-0.05, 0) is 27.8 Å². The van der Waals surface area contributed by atoms with Gasteiger partial charge >= 0.3 is 0 Å². The molecule has 0 aliphatic heterocycles. The summed E-state index contributed by atoms with van der Waals surface area (Å²) in [6, 6.07) is 53.6. The largest absolute Gasteiger partial charge is 0.320 e. The van der Waals surface area contributed by atoms with Crippen molar-refractivity contribution >= 4 is 41.8 Å². The van der Waals surface area contributed by atoms with E-state index in [-0.39, 0.29) is 0 Å². The lowest BCUT2D eigenvalue weighted by Gasteiger charge is -2.34.